The number of likely N-dealkylation sites (tertiary alicyclic amines) is 1. The Morgan fingerprint density at radius 1 is 1.07 bits per heavy atom. The molecule has 1 N–H and O–H groups in total. The van der Waals surface area contributed by atoms with Crippen molar-refractivity contribution in [1.82, 2.24) is 10.2 Å². The van der Waals surface area contributed by atoms with E-state index in [1.165, 1.54) is 0 Å². The number of hydrogen-bond donors (Lipinski definition) is 1. The molecule has 0 aromatic heterocycles. The number of amides is 2. The molecule has 138 valence electrons. The summed E-state index contributed by atoms with van der Waals surface area (Å²) in [5.74, 6) is -0.297. The molecule has 0 saturated carbocycles. The Hall–Kier alpha value is -2.95. The van der Waals surface area contributed by atoms with Gasteiger partial charge in [-0.15, -0.1) is 0 Å². The molecule has 2 aliphatic rings. The lowest BCUT2D eigenvalue weighted by atomic mass is 9.78. The summed E-state index contributed by atoms with van der Waals surface area (Å²) in [5, 5.41) is 2.97. The van der Waals surface area contributed by atoms with E-state index in [1.54, 1.807) is 29.2 Å². The Labute approximate surface area is 158 Å². The van der Waals surface area contributed by atoms with Gasteiger partial charge in [-0.2, -0.15) is 0 Å². The van der Waals surface area contributed by atoms with Gasteiger partial charge in [-0.05, 0) is 25.0 Å². The molecule has 0 spiro atoms. The zero-order chi connectivity index (χ0) is 19.0. The van der Waals surface area contributed by atoms with Gasteiger partial charge < -0.3 is 10.2 Å². The van der Waals surface area contributed by atoms with Crippen LogP contribution in [0.3, 0.4) is 0 Å². The standard InChI is InChI=1S/C22H22N2O3/c1-22-14-24(19(25)12-11-15-7-3-2-4-8-15)13-18(22)23-21(27)17-10-6-5-9-16(17)20(22)26/h2-10,18H,11-14H2,1H3,(H,23,27)/t18-,22+/m1/s1. The first-order valence-electron chi connectivity index (χ1n) is 9.25. The molecule has 27 heavy (non-hydrogen) atoms. The predicted molar refractivity (Wildman–Crippen MR) is 101 cm³/mol. The highest BCUT2D eigenvalue weighted by atomic mass is 16.2. The van der Waals surface area contributed by atoms with E-state index < -0.39 is 5.41 Å². The summed E-state index contributed by atoms with van der Waals surface area (Å²) in [7, 11) is 0. The van der Waals surface area contributed by atoms with Crippen molar-refractivity contribution in [2.45, 2.75) is 25.8 Å². The molecule has 1 fully saturated rings. The average molecular weight is 362 g/mol. The van der Waals surface area contributed by atoms with E-state index in [2.05, 4.69) is 5.32 Å². The SMILES string of the molecule is C[C@]12CN(C(=O)CCc3ccccc3)C[C@H]1NC(=O)c1ccccc1C2=O. The lowest BCUT2D eigenvalue weighted by molar-refractivity contribution is -0.130. The van der Waals surface area contributed by atoms with E-state index in [0.717, 1.165) is 5.56 Å². The number of fused-ring (bicyclic) bond motifs is 2. The second-order valence-corrected chi connectivity index (χ2v) is 7.58. The van der Waals surface area contributed by atoms with Crippen molar-refractivity contribution >= 4 is 17.6 Å². The van der Waals surface area contributed by atoms with Crippen molar-refractivity contribution in [2.24, 2.45) is 5.41 Å². The van der Waals surface area contributed by atoms with Crippen molar-refractivity contribution in [2.75, 3.05) is 13.1 Å². The molecular weight excluding hydrogens is 340 g/mol. The van der Waals surface area contributed by atoms with Gasteiger partial charge in [0, 0.05) is 25.1 Å². The molecule has 5 heteroatoms. The number of carbonyl (C=O) groups excluding carboxylic acids is 3. The maximum Gasteiger partial charge on any atom is 0.252 e. The topological polar surface area (TPSA) is 66.5 Å². The largest absolute Gasteiger partial charge is 0.346 e. The minimum atomic E-state index is -0.801. The highest BCUT2D eigenvalue weighted by Gasteiger charge is 2.52. The number of ketones is 1. The smallest absolute Gasteiger partial charge is 0.252 e. The van der Waals surface area contributed by atoms with Crippen LogP contribution >= 0.6 is 0 Å². The summed E-state index contributed by atoms with van der Waals surface area (Å²) in [5.41, 5.74) is 1.17. The molecule has 0 bridgehead atoms. The molecule has 2 aromatic carbocycles. The fraction of sp³-hybridized carbons (Fsp3) is 0.318. The second-order valence-electron chi connectivity index (χ2n) is 7.58. The molecule has 0 aliphatic carbocycles. The van der Waals surface area contributed by atoms with Crippen LogP contribution in [-0.4, -0.2) is 41.6 Å². The molecule has 2 heterocycles. The quantitative estimate of drug-likeness (QED) is 0.912. The first kappa shape index (κ1) is 17.5. The molecule has 5 nitrogen and oxygen atoms in total. The molecule has 2 amide bonds. The summed E-state index contributed by atoms with van der Waals surface area (Å²) in [6, 6.07) is 16.4. The van der Waals surface area contributed by atoms with Crippen LogP contribution in [0, 0.1) is 5.41 Å². The Kier molecular flexibility index (Phi) is 4.30. The van der Waals surface area contributed by atoms with Gasteiger partial charge in [0.2, 0.25) is 5.91 Å². The third kappa shape index (κ3) is 3.03. The van der Waals surface area contributed by atoms with Crippen LogP contribution in [-0.2, 0) is 11.2 Å². The first-order chi connectivity index (χ1) is 13.0. The summed E-state index contributed by atoms with van der Waals surface area (Å²) in [4.78, 5) is 40.2. The van der Waals surface area contributed by atoms with Crippen LogP contribution in [0.2, 0.25) is 0 Å². The van der Waals surface area contributed by atoms with Gasteiger partial charge in [0.1, 0.15) is 0 Å². The number of carbonyl (C=O) groups is 3. The molecule has 4 rings (SSSR count). The maximum absolute atomic E-state index is 13.2. The van der Waals surface area contributed by atoms with E-state index in [-0.39, 0.29) is 23.6 Å². The number of benzene rings is 2. The summed E-state index contributed by atoms with van der Waals surface area (Å²) in [6.07, 6.45) is 1.06. The maximum atomic E-state index is 13.2. The first-order valence-corrected chi connectivity index (χ1v) is 9.25. The van der Waals surface area contributed by atoms with E-state index in [1.807, 2.05) is 37.3 Å². The van der Waals surface area contributed by atoms with Crippen LogP contribution < -0.4 is 5.32 Å². The summed E-state index contributed by atoms with van der Waals surface area (Å²) >= 11 is 0. The number of nitrogens with zero attached hydrogens (tertiary/aromatic N) is 1. The van der Waals surface area contributed by atoms with Crippen LogP contribution in [0.1, 0.15) is 39.6 Å². The fourth-order valence-corrected chi connectivity index (χ4v) is 4.09. The minimum Gasteiger partial charge on any atom is -0.346 e. The molecule has 2 aromatic rings. The molecule has 2 atom stereocenters. The third-order valence-electron chi connectivity index (χ3n) is 5.75. The zero-order valence-electron chi connectivity index (χ0n) is 15.3. The van der Waals surface area contributed by atoms with E-state index in [0.29, 0.717) is 37.1 Å². The molecule has 1 saturated heterocycles. The Morgan fingerprint density at radius 2 is 1.74 bits per heavy atom. The van der Waals surface area contributed by atoms with Gasteiger partial charge in [-0.25, -0.2) is 0 Å². The van der Waals surface area contributed by atoms with Crippen LogP contribution in [0.25, 0.3) is 0 Å². The van der Waals surface area contributed by atoms with Gasteiger partial charge >= 0.3 is 0 Å². The number of rotatable bonds is 3. The molecular formula is C22H22N2O3. The summed E-state index contributed by atoms with van der Waals surface area (Å²) in [6.45, 7) is 2.56. The molecule has 0 unspecified atom stereocenters. The van der Waals surface area contributed by atoms with E-state index in [4.69, 9.17) is 0 Å². The highest BCUT2D eigenvalue weighted by molar-refractivity contribution is 6.12. The number of Topliss-reactive ketones (excluding diaryl/α,β-unsaturated/α-hetero) is 1. The second kappa shape index (κ2) is 6.65. The van der Waals surface area contributed by atoms with Gasteiger partial charge in [0.15, 0.2) is 5.78 Å². The third-order valence-corrected chi connectivity index (χ3v) is 5.75. The highest BCUT2D eigenvalue weighted by Crippen LogP contribution is 2.37. The number of hydrogen-bond acceptors (Lipinski definition) is 3. The average Bonchev–Trinajstić information content (AvgIpc) is 3.00. The number of aryl methyl sites for hydroxylation is 1. The molecule has 2 aliphatic heterocycles. The fourth-order valence-electron chi connectivity index (χ4n) is 4.09. The lowest BCUT2D eigenvalue weighted by Gasteiger charge is -2.26. The predicted octanol–water partition coefficient (Wildman–Crippen LogP) is 2.46. The van der Waals surface area contributed by atoms with Crippen molar-refractivity contribution in [3.8, 4) is 0 Å². The van der Waals surface area contributed by atoms with Crippen molar-refractivity contribution in [1.29, 1.82) is 0 Å². The van der Waals surface area contributed by atoms with Crippen molar-refractivity contribution in [3.05, 3.63) is 71.3 Å². The van der Waals surface area contributed by atoms with Crippen LogP contribution in [0.4, 0.5) is 0 Å². The normalized spacial score (nSPS) is 24.0. The van der Waals surface area contributed by atoms with Crippen molar-refractivity contribution in [3.63, 3.8) is 0 Å². The van der Waals surface area contributed by atoms with Crippen LogP contribution in [0.15, 0.2) is 54.6 Å². The number of nitrogens with one attached hydrogen (secondary N) is 1. The minimum absolute atomic E-state index is 0.0171. The monoisotopic (exact) mass is 362 g/mol. The van der Waals surface area contributed by atoms with E-state index in [9.17, 15) is 14.4 Å². The van der Waals surface area contributed by atoms with Crippen LogP contribution in [0.5, 0.6) is 0 Å². The zero-order valence-corrected chi connectivity index (χ0v) is 15.3. The van der Waals surface area contributed by atoms with Gasteiger partial charge in [0.25, 0.3) is 5.91 Å². The Balaban J connectivity index is 1.53. The van der Waals surface area contributed by atoms with Gasteiger partial charge in [-0.1, -0.05) is 48.5 Å². The van der Waals surface area contributed by atoms with Crippen molar-refractivity contribution < 1.29 is 14.4 Å². The van der Waals surface area contributed by atoms with Gasteiger partial charge in [-0.3, -0.25) is 14.4 Å². The van der Waals surface area contributed by atoms with E-state index >= 15 is 0 Å². The molecule has 0 radical (unpaired) electrons. The summed E-state index contributed by atoms with van der Waals surface area (Å²) < 4.78 is 0. The lowest BCUT2D eigenvalue weighted by Crippen LogP contribution is -2.47. The Bertz CT molecular complexity index is 909. The van der Waals surface area contributed by atoms with Gasteiger partial charge in [0.05, 0.1) is 17.0 Å². The Morgan fingerprint density at radius 3 is 2.48 bits per heavy atom.